The quantitative estimate of drug-likeness (QED) is 0.786. The number of rotatable bonds is 4. The molecule has 0 aromatic carbocycles. The average molecular weight is 189 g/mol. The highest BCUT2D eigenvalue weighted by atomic mass is 14.9. The molecule has 0 spiro atoms. The number of hydrogen-bond donors (Lipinski definition) is 1. The minimum Gasteiger partial charge on any atom is -0.310 e. The standard InChI is InChI=1S/C11H15N3/c1-3-9(2)14-8-10-5-4-6-13-11(10)7-12/h4-6,9,14H,3,8H2,1-2H3. The molecule has 1 rings (SSSR count). The maximum atomic E-state index is 8.80. The molecule has 3 nitrogen and oxygen atoms in total. The van der Waals surface area contributed by atoms with Gasteiger partial charge < -0.3 is 5.32 Å². The molecular weight excluding hydrogens is 174 g/mol. The van der Waals surface area contributed by atoms with Crippen LogP contribution in [0.5, 0.6) is 0 Å². The van der Waals surface area contributed by atoms with Crippen molar-refractivity contribution in [3.05, 3.63) is 29.6 Å². The molecule has 3 heteroatoms. The Morgan fingerprint density at radius 2 is 2.43 bits per heavy atom. The Balaban J connectivity index is 2.63. The molecular formula is C11H15N3. The number of aromatic nitrogens is 1. The van der Waals surface area contributed by atoms with Crippen LogP contribution in [0.2, 0.25) is 0 Å². The first kappa shape index (κ1) is 10.7. The summed E-state index contributed by atoms with van der Waals surface area (Å²) in [6.07, 6.45) is 2.73. The number of nitrogens with zero attached hydrogens (tertiary/aromatic N) is 2. The molecule has 0 aliphatic carbocycles. The maximum Gasteiger partial charge on any atom is 0.144 e. The Kier molecular flexibility index (Phi) is 4.09. The van der Waals surface area contributed by atoms with Crippen LogP contribution in [0.25, 0.3) is 0 Å². The van der Waals surface area contributed by atoms with Gasteiger partial charge in [-0.3, -0.25) is 0 Å². The van der Waals surface area contributed by atoms with Gasteiger partial charge in [-0.25, -0.2) is 4.98 Å². The molecule has 14 heavy (non-hydrogen) atoms. The number of nitriles is 1. The van der Waals surface area contributed by atoms with Crippen molar-refractivity contribution in [3.63, 3.8) is 0 Å². The predicted octanol–water partition coefficient (Wildman–Crippen LogP) is 1.84. The van der Waals surface area contributed by atoms with Crippen LogP contribution < -0.4 is 5.32 Å². The second-order valence-corrected chi connectivity index (χ2v) is 3.31. The van der Waals surface area contributed by atoms with Gasteiger partial charge >= 0.3 is 0 Å². The number of pyridine rings is 1. The van der Waals surface area contributed by atoms with Gasteiger partial charge in [-0.15, -0.1) is 0 Å². The predicted molar refractivity (Wildman–Crippen MR) is 55.5 cm³/mol. The fourth-order valence-corrected chi connectivity index (χ4v) is 1.11. The molecule has 1 aromatic heterocycles. The molecule has 0 saturated carbocycles. The van der Waals surface area contributed by atoms with Crippen LogP contribution >= 0.6 is 0 Å². The second-order valence-electron chi connectivity index (χ2n) is 3.31. The van der Waals surface area contributed by atoms with Crippen LogP contribution in [0, 0.1) is 11.3 Å². The van der Waals surface area contributed by atoms with Gasteiger partial charge in [-0.1, -0.05) is 13.0 Å². The monoisotopic (exact) mass is 189 g/mol. The highest BCUT2D eigenvalue weighted by Gasteiger charge is 2.03. The van der Waals surface area contributed by atoms with Crippen LogP contribution in [-0.4, -0.2) is 11.0 Å². The van der Waals surface area contributed by atoms with E-state index in [-0.39, 0.29) is 0 Å². The van der Waals surface area contributed by atoms with Crippen LogP contribution in [0.15, 0.2) is 18.3 Å². The highest BCUT2D eigenvalue weighted by Crippen LogP contribution is 2.04. The molecule has 0 saturated heterocycles. The van der Waals surface area contributed by atoms with Crippen molar-refractivity contribution in [2.24, 2.45) is 0 Å². The van der Waals surface area contributed by atoms with Gasteiger partial charge in [0, 0.05) is 24.3 Å². The van der Waals surface area contributed by atoms with E-state index in [2.05, 4.69) is 30.2 Å². The van der Waals surface area contributed by atoms with E-state index in [0.717, 1.165) is 12.0 Å². The Bertz CT molecular complexity index is 328. The Morgan fingerprint density at radius 1 is 1.64 bits per heavy atom. The van der Waals surface area contributed by atoms with Gasteiger partial charge in [0.25, 0.3) is 0 Å². The normalized spacial score (nSPS) is 12.1. The van der Waals surface area contributed by atoms with E-state index in [1.165, 1.54) is 0 Å². The number of nitrogens with one attached hydrogen (secondary N) is 1. The zero-order valence-corrected chi connectivity index (χ0v) is 8.62. The lowest BCUT2D eigenvalue weighted by atomic mass is 10.2. The minimum atomic E-state index is 0.474. The zero-order chi connectivity index (χ0) is 10.4. The Morgan fingerprint density at radius 3 is 3.07 bits per heavy atom. The third-order valence-electron chi connectivity index (χ3n) is 2.25. The summed E-state index contributed by atoms with van der Waals surface area (Å²) in [5, 5.41) is 12.1. The van der Waals surface area contributed by atoms with Gasteiger partial charge in [0.2, 0.25) is 0 Å². The summed E-state index contributed by atoms with van der Waals surface area (Å²) in [6.45, 7) is 4.97. The molecule has 1 atom stereocenters. The van der Waals surface area contributed by atoms with Crippen molar-refractivity contribution < 1.29 is 0 Å². The van der Waals surface area contributed by atoms with Crippen molar-refractivity contribution >= 4 is 0 Å². The van der Waals surface area contributed by atoms with Gasteiger partial charge in [-0.05, 0) is 19.4 Å². The van der Waals surface area contributed by atoms with E-state index in [9.17, 15) is 0 Å². The molecule has 0 fully saturated rings. The molecule has 0 bridgehead atoms. The molecule has 74 valence electrons. The fraction of sp³-hybridized carbons (Fsp3) is 0.455. The number of hydrogen-bond acceptors (Lipinski definition) is 3. The summed E-state index contributed by atoms with van der Waals surface area (Å²) in [4.78, 5) is 4.00. The zero-order valence-electron chi connectivity index (χ0n) is 8.62. The first-order valence-electron chi connectivity index (χ1n) is 4.85. The van der Waals surface area contributed by atoms with Crippen molar-refractivity contribution in [1.82, 2.24) is 10.3 Å². The smallest absolute Gasteiger partial charge is 0.144 e. The van der Waals surface area contributed by atoms with Gasteiger partial charge in [0.1, 0.15) is 11.8 Å². The van der Waals surface area contributed by atoms with Gasteiger partial charge in [-0.2, -0.15) is 5.26 Å². The van der Waals surface area contributed by atoms with Crippen molar-refractivity contribution in [2.45, 2.75) is 32.9 Å². The lowest BCUT2D eigenvalue weighted by Gasteiger charge is -2.11. The van der Waals surface area contributed by atoms with E-state index in [1.54, 1.807) is 6.20 Å². The maximum absolute atomic E-state index is 8.80. The lowest BCUT2D eigenvalue weighted by Crippen LogP contribution is -2.24. The van der Waals surface area contributed by atoms with Gasteiger partial charge in [0.05, 0.1) is 0 Å². The van der Waals surface area contributed by atoms with E-state index in [0.29, 0.717) is 18.3 Å². The average Bonchev–Trinajstić information content (AvgIpc) is 2.26. The van der Waals surface area contributed by atoms with Gasteiger partial charge in [0.15, 0.2) is 0 Å². The summed E-state index contributed by atoms with van der Waals surface area (Å²) in [6, 6.07) is 6.35. The van der Waals surface area contributed by atoms with Crippen LogP contribution in [0.3, 0.4) is 0 Å². The van der Waals surface area contributed by atoms with E-state index >= 15 is 0 Å². The first-order valence-corrected chi connectivity index (χ1v) is 4.85. The Hall–Kier alpha value is -1.40. The van der Waals surface area contributed by atoms with E-state index in [1.807, 2.05) is 12.1 Å². The third-order valence-corrected chi connectivity index (χ3v) is 2.25. The van der Waals surface area contributed by atoms with Crippen LogP contribution in [0.1, 0.15) is 31.5 Å². The molecule has 1 N–H and O–H groups in total. The highest BCUT2D eigenvalue weighted by molar-refractivity contribution is 5.30. The van der Waals surface area contributed by atoms with Crippen LogP contribution in [0.4, 0.5) is 0 Å². The summed E-state index contributed by atoms with van der Waals surface area (Å²) in [5.41, 5.74) is 1.48. The van der Waals surface area contributed by atoms with E-state index in [4.69, 9.17) is 5.26 Å². The molecule has 1 heterocycles. The second kappa shape index (κ2) is 5.36. The molecule has 0 amide bonds. The molecule has 0 radical (unpaired) electrons. The molecule has 0 aliphatic heterocycles. The van der Waals surface area contributed by atoms with Crippen molar-refractivity contribution in [2.75, 3.05) is 0 Å². The summed E-state index contributed by atoms with van der Waals surface area (Å²) in [7, 11) is 0. The molecule has 0 aliphatic rings. The summed E-state index contributed by atoms with van der Waals surface area (Å²) < 4.78 is 0. The lowest BCUT2D eigenvalue weighted by molar-refractivity contribution is 0.533. The summed E-state index contributed by atoms with van der Waals surface area (Å²) in [5.74, 6) is 0. The Labute approximate surface area is 84.8 Å². The topological polar surface area (TPSA) is 48.7 Å². The fourth-order valence-electron chi connectivity index (χ4n) is 1.11. The van der Waals surface area contributed by atoms with Crippen molar-refractivity contribution in [1.29, 1.82) is 5.26 Å². The molecule has 1 unspecified atom stereocenters. The molecule has 1 aromatic rings. The minimum absolute atomic E-state index is 0.474. The van der Waals surface area contributed by atoms with Crippen LogP contribution in [-0.2, 0) is 6.54 Å². The van der Waals surface area contributed by atoms with Crippen molar-refractivity contribution in [3.8, 4) is 6.07 Å². The first-order chi connectivity index (χ1) is 6.77. The van der Waals surface area contributed by atoms with E-state index < -0.39 is 0 Å². The third kappa shape index (κ3) is 2.82. The largest absolute Gasteiger partial charge is 0.310 e. The SMILES string of the molecule is CCC(C)NCc1cccnc1C#N. The summed E-state index contributed by atoms with van der Waals surface area (Å²) >= 11 is 0.